The summed E-state index contributed by atoms with van der Waals surface area (Å²) in [6.07, 6.45) is 1.12. The van der Waals surface area contributed by atoms with Crippen LogP contribution < -0.4 is 5.32 Å². The predicted octanol–water partition coefficient (Wildman–Crippen LogP) is 3.19. The van der Waals surface area contributed by atoms with E-state index in [4.69, 9.17) is 4.52 Å². The summed E-state index contributed by atoms with van der Waals surface area (Å²) >= 11 is 0. The van der Waals surface area contributed by atoms with Crippen molar-refractivity contribution in [3.8, 4) is 0 Å². The summed E-state index contributed by atoms with van der Waals surface area (Å²) in [5, 5.41) is 17.8. The summed E-state index contributed by atoms with van der Waals surface area (Å²) in [7, 11) is 0. The predicted molar refractivity (Wildman–Crippen MR) is 99.1 cm³/mol. The minimum absolute atomic E-state index is 0.178. The zero-order valence-corrected chi connectivity index (χ0v) is 15.0. The lowest BCUT2D eigenvalue weighted by Crippen LogP contribution is -2.30. The number of fused-ring (bicyclic) bond motifs is 1. The number of carbonyl (C=O) groups is 2. The molecule has 140 valence electrons. The van der Waals surface area contributed by atoms with Gasteiger partial charge in [-0.1, -0.05) is 47.6 Å². The molecule has 1 atom stereocenters. The molecule has 0 aliphatic rings. The molecule has 0 aliphatic carbocycles. The molecule has 7 heteroatoms. The maximum Gasteiger partial charge on any atom is 0.305 e. The number of benzene rings is 2. The van der Waals surface area contributed by atoms with E-state index in [2.05, 4.69) is 15.5 Å². The largest absolute Gasteiger partial charge is 0.481 e. The van der Waals surface area contributed by atoms with E-state index in [1.165, 1.54) is 0 Å². The van der Waals surface area contributed by atoms with Crippen molar-refractivity contribution >= 4 is 22.6 Å². The number of carboxylic acid groups (broad SMARTS) is 1. The molecular weight excluding hydrogens is 346 g/mol. The third-order valence-electron chi connectivity index (χ3n) is 4.28. The first-order chi connectivity index (χ1) is 13.0. The van der Waals surface area contributed by atoms with Crippen LogP contribution in [0.5, 0.6) is 0 Å². The highest BCUT2D eigenvalue weighted by molar-refractivity contribution is 5.87. The number of aliphatic carboxylic acids is 1. The van der Waals surface area contributed by atoms with Crippen LogP contribution >= 0.6 is 0 Å². The number of hydrogen-bond acceptors (Lipinski definition) is 5. The summed E-state index contributed by atoms with van der Waals surface area (Å²) in [5.41, 5.74) is 0.802. The molecule has 0 fully saturated rings. The Morgan fingerprint density at radius 3 is 2.70 bits per heavy atom. The molecule has 2 aromatic carbocycles. The second-order valence-corrected chi connectivity index (χ2v) is 6.38. The van der Waals surface area contributed by atoms with Crippen molar-refractivity contribution in [2.45, 2.75) is 38.6 Å². The molecule has 3 aromatic rings. The van der Waals surface area contributed by atoms with Gasteiger partial charge in [0.05, 0.1) is 12.5 Å². The summed E-state index contributed by atoms with van der Waals surface area (Å²) in [6, 6.07) is 12.8. The molecular formula is C20H21N3O4. The molecule has 1 amide bonds. The molecule has 1 aromatic heterocycles. The Balaban J connectivity index is 1.69. The first kappa shape index (κ1) is 18.6. The Labute approximate surface area is 156 Å². The Kier molecular flexibility index (Phi) is 5.80. The van der Waals surface area contributed by atoms with Crippen LogP contribution in [0.15, 0.2) is 47.0 Å². The molecule has 0 saturated carbocycles. The van der Waals surface area contributed by atoms with Gasteiger partial charge in [-0.2, -0.15) is 4.98 Å². The Morgan fingerprint density at radius 1 is 1.19 bits per heavy atom. The lowest BCUT2D eigenvalue weighted by Gasteiger charge is -2.19. The van der Waals surface area contributed by atoms with Crippen LogP contribution in [0.4, 0.5) is 0 Å². The highest BCUT2D eigenvalue weighted by Gasteiger charge is 2.20. The number of carbonyl (C=O) groups excluding carboxylic acids is 1. The smallest absolute Gasteiger partial charge is 0.305 e. The fraction of sp³-hybridized carbons (Fsp3) is 0.300. The number of amides is 1. The van der Waals surface area contributed by atoms with Gasteiger partial charge < -0.3 is 14.9 Å². The Hall–Kier alpha value is -3.22. The molecule has 3 rings (SSSR count). The fourth-order valence-electron chi connectivity index (χ4n) is 3.08. The van der Waals surface area contributed by atoms with Gasteiger partial charge >= 0.3 is 5.97 Å². The van der Waals surface area contributed by atoms with Crippen molar-refractivity contribution in [2.24, 2.45) is 0 Å². The first-order valence-electron chi connectivity index (χ1n) is 8.81. The van der Waals surface area contributed by atoms with E-state index in [0.717, 1.165) is 16.3 Å². The van der Waals surface area contributed by atoms with E-state index in [9.17, 15) is 14.7 Å². The summed E-state index contributed by atoms with van der Waals surface area (Å²) in [6.45, 7) is 1.74. The van der Waals surface area contributed by atoms with Gasteiger partial charge in [-0.3, -0.25) is 9.59 Å². The van der Waals surface area contributed by atoms with E-state index in [0.29, 0.717) is 24.6 Å². The van der Waals surface area contributed by atoms with Crippen molar-refractivity contribution in [1.29, 1.82) is 0 Å². The maximum atomic E-state index is 12.4. The second kappa shape index (κ2) is 8.44. The number of nitrogens with one attached hydrogen (secondary N) is 1. The van der Waals surface area contributed by atoms with Crippen molar-refractivity contribution < 1.29 is 19.2 Å². The lowest BCUT2D eigenvalue weighted by molar-refractivity contribution is -0.137. The van der Waals surface area contributed by atoms with Crippen molar-refractivity contribution in [1.82, 2.24) is 15.5 Å². The summed E-state index contributed by atoms with van der Waals surface area (Å²) in [5.74, 6) is -0.108. The third kappa shape index (κ3) is 4.91. The molecule has 2 N–H and O–H groups in total. The zero-order valence-electron chi connectivity index (χ0n) is 15.0. The number of rotatable bonds is 8. The van der Waals surface area contributed by atoms with E-state index in [1.807, 2.05) is 42.5 Å². The van der Waals surface area contributed by atoms with Gasteiger partial charge in [0.15, 0.2) is 5.82 Å². The molecule has 1 heterocycles. The minimum atomic E-state index is -0.963. The van der Waals surface area contributed by atoms with Crippen LogP contribution in [0.25, 0.3) is 10.8 Å². The van der Waals surface area contributed by atoms with Crippen LogP contribution in [-0.4, -0.2) is 27.1 Å². The van der Waals surface area contributed by atoms with Gasteiger partial charge in [0.2, 0.25) is 11.8 Å². The van der Waals surface area contributed by atoms with E-state index in [1.54, 1.807) is 6.92 Å². The van der Waals surface area contributed by atoms with Gasteiger partial charge in [0.25, 0.3) is 0 Å². The number of nitrogens with zero attached hydrogens (tertiary/aromatic N) is 2. The van der Waals surface area contributed by atoms with Gasteiger partial charge in [0.1, 0.15) is 0 Å². The number of carboxylic acids is 1. The minimum Gasteiger partial charge on any atom is -0.481 e. The molecule has 0 bridgehead atoms. The monoisotopic (exact) mass is 367 g/mol. The zero-order chi connectivity index (χ0) is 19.2. The molecule has 0 unspecified atom stereocenters. The Morgan fingerprint density at radius 2 is 1.96 bits per heavy atom. The van der Waals surface area contributed by atoms with Crippen LogP contribution in [0.3, 0.4) is 0 Å². The number of hydrogen-bond donors (Lipinski definition) is 2. The van der Waals surface area contributed by atoms with E-state index >= 15 is 0 Å². The van der Waals surface area contributed by atoms with Crippen LogP contribution in [-0.2, 0) is 16.0 Å². The normalized spacial score (nSPS) is 12.0. The Bertz CT molecular complexity index is 946. The van der Waals surface area contributed by atoms with Gasteiger partial charge in [0, 0.05) is 12.8 Å². The SMILES string of the molecule is Cc1noc(CCCC(=O)N[C@H](CC(=O)O)c2cccc3ccccc23)n1. The molecule has 0 spiro atoms. The van der Waals surface area contributed by atoms with Gasteiger partial charge in [-0.05, 0) is 29.7 Å². The average Bonchev–Trinajstić information content (AvgIpc) is 3.05. The number of aromatic nitrogens is 2. The third-order valence-corrected chi connectivity index (χ3v) is 4.28. The summed E-state index contributed by atoms with van der Waals surface area (Å²) < 4.78 is 5.03. The molecule has 0 saturated heterocycles. The maximum absolute atomic E-state index is 12.4. The molecule has 0 radical (unpaired) electrons. The van der Waals surface area contributed by atoms with Crippen LogP contribution in [0.1, 0.15) is 42.6 Å². The fourth-order valence-corrected chi connectivity index (χ4v) is 3.08. The first-order valence-corrected chi connectivity index (χ1v) is 8.81. The number of aryl methyl sites for hydroxylation is 2. The van der Waals surface area contributed by atoms with E-state index in [-0.39, 0.29) is 18.7 Å². The molecule has 27 heavy (non-hydrogen) atoms. The average molecular weight is 367 g/mol. The molecule has 7 nitrogen and oxygen atoms in total. The highest BCUT2D eigenvalue weighted by Crippen LogP contribution is 2.26. The molecule has 0 aliphatic heterocycles. The van der Waals surface area contributed by atoms with Crippen molar-refractivity contribution in [3.63, 3.8) is 0 Å². The highest BCUT2D eigenvalue weighted by atomic mass is 16.5. The topological polar surface area (TPSA) is 105 Å². The van der Waals surface area contributed by atoms with Crippen LogP contribution in [0.2, 0.25) is 0 Å². The standard InChI is InChI=1S/C20H21N3O4/c1-13-21-19(27-23-13)11-5-10-18(24)22-17(12-20(25)26)16-9-4-7-14-6-2-3-8-15(14)16/h2-4,6-9,17H,5,10-12H2,1H3,(H,22,24)(H,25,26)/t17-/m1/s1. The van der Waals surface area contributed by atoms with Gasteiger partial charge in [-0.15, -0.1) is 0 Å². The lowest BCUT2D eigenvalue weighted by atomic mass is 9.96. The summed E-state index contributed by atoms with van der Waals surface area (Å²) in [4.78, 5) is 27.8. The van der Waals surface area contributed by atoms with E-state index < -0.39 is 12.0 Å². The van der Waals surface area contributed by atoms with Gasteiger partial charge in [-0.25, -0.2) is 0 Å². The second-order valence-electron chi connectivity index (χ2n) is 6.38. The van der Waals surface area contributed by atoms with Crippen molar-refractivity contribution in [3.05, 3.63) is 59.7 Å². The quantitative estimate of drug-likeness (QED) is 0.633. The van der Waals surface area contributed by atoms with Crippen molar-refractivity contribution in [2.75, 3.05) is 0 Å². The van der Waals surface area contributed by atoms with Crippen LogP contribution in [0, 0.1) is 6.92 Å².